The van der Waals surface area contributed by atoms with E-state index < -0.39 is 5.97 Å². The van der Waals surface area contributed by atoms with Gasteiger partial charge in [-0.3, -0.25) is 4.79 Å². The molecule has 1 saturated heterocycles. The van der Waals surface area contributed by atoms with Crippen LogP contribution < -0.4 is 10.1 Å². The first-order valence-corrected chi connectivity index (χ1v) is 6.85. The van der Waals surface area contributed by atoms with E-state index in [1.54, 1.807) is 23.1 Å². The van der Waals surface area contributed by atoms with Crippen molar-refractivity contribution in [2.75, 3.05) is 26.2 Å². The number of piperazine rings is 1. The van der Waals surface area contributed by atoms with E-state index in [1.807, 2.05) is 0 Å². The van der Waals surface area contributed by atoms with Crippen LogP contribution in [0.1, 0.15) is 15.9 Å². The first kappa shape index (κ1) is 16.5. The zero-order valence-corrected chi connectivity index (χ0v) is 13.5. The lowest BCUT2D eigenvalue weighted by Gasteiger charge is -2.34. The lowest BCUT2D eigenvalue weighted by Crippen LogP contribution is -2.54. The molecule has 2 aliphatic heterocycles. The minimum atomic E-state index is -1.05. The van der Waals surface area contributed by atoms with E-state index in [4.69, 9.17) is 9.84 Å². The highest BCUT2D eigenvalue weighted by molar-refractivity contribution is 8.93. The second kappa shape index (κ2) is 6.93. The molecule has 1 unspecified atom stereocenters. The number of hydrogen-bond donors (Lipinski definition) is 2. The normalized spacial score (nSPS) is 20.5. The summed E-state index contributed by atoms with van der Waals surface area (Å²) < 4.78 is 5.75. The van der Waals surface area contributed by atoms with Gasteiger partial charge in [0.15, 0.2) is 0 Å². The van der Waals surface area contributed by atoms with Gasteiger partial charge in [0.1, 0.15) is 12.4 Å². The van der Waals surface area contributed by atoms with Gasteiger partial charge in [-0.15, -0.1) is 17.0 Å². The molecule has 22 heavy (non-hydrogen) atoms. The predicted molar refractivity (Wildman–Crippen MR) is 86.6 cm³/mol. The number of carbonyl (C=O) groups excluding carboxylic acids is 1. The summed E-state index contributed by atoms with van der Waals surface area (Å²) >= 11 is 0. The number of carbonyl (C=O) groups is 2. The summed E-state index contributed by atoms with van der Waals surface area (Å²) in [6, 6.07) is 5.24. The zero-order chi connectivity index (χ0) is 14.8. The standard InChI is InChI=1S/C15H16N2O4.BrH/c18-13(19)5-4-10-2-1-3-12-14(10)15(20)17-7-6-16-8-11(17)9-21-12;/h1-5,11,16H,6-9H2,(H,18,19);1H/b5-4+;. The third-order valence-electron chi connectivity index (χ3n) is 3.72. The van der Waals surface area contributed by atoms with Crippen molar-refractivity contribution in [2.24, 2.45) is 0 Å². The van der Waals surface area contributed by atoms with Gasteiger partial charge in [-0.2, -0.15) is 0 Å². The Hall–Kier alpha value is -1.86. The fourth-order valence-electron chi connectivity index (χ4n) is 2.70. The van der Waals surface area contributed by atoms with Gasteiger partial charge in [0, 0.05) is 25.7 Å². The number of amides is 1. The molecule has 0 aromatic heterocycles. The number of carboxylic acid groups (broad SMARTS) is 1. The van der Waals surface area contributed by atoms with Crippen molar-refractivity contribution in [3.8, 4) is 5.75 Å². The van der Waals surface area contributed by atoms with Crippen molar-refractivity contribution >= 4 is 34.9 Å². The van der Waals surface area contributed by atoms with Crippen LogP contribution >= 0.6 is 17.0 Å². The number of ether oxygens (including phenoxy) is 1. The minimum Gasteiger partial charge on any atom is -0.491 e. The molecule has 1 atom stereocenters. The van der Waals surface area contributed by atoms with Crippen molar-refractivity contribution in [3.05, 3.63) is 35.4 Å². The molecule has 3 rings (SSSR count). The number of fused-ring (bicyclic) bond motifs is 2. The largest absolute Gasteiger partial charge is 0.491 e. The van der Waals surface area contributed by atoms with Gasteiger partial charge in [0.05, 0.1) is 11.6 Å². The summed E-state index contributed by atoms with van der Waals surface area (Å²) in [5, 5.41) is 12.0. The summed E-state index contributed by atoms with van der Waals surface area (Å²) in [7, 11) is 0. The molecule has 2 aliphatic rings. The van der Waals surface area contributed by atoms with Crippen LogP contribution in [-0.4, -0.2) is 54.2 Å². The Morgan fingerprint density at radius 3 is 3.05 bits per heavy atom. The molecule has 2 N–H and O–H groups in total. The SMILES string of the molecule is Br.O=C(O)/C=C/c1cccc2c1C(=O)N1CCNCC1CO2. The molecular weight excluding hydrogens is 352 g/mol. The maximum atomic E-state index is 12.8. The van der Waals surface area contributed by atoms with Crippen molar-refractivity contribution in [3.63, 3.8) is 0 Å². The monoisotopic (exact) mass is 368 g/mol. The van der Waals surface area contributed by atoms with Crippen LogP contribution in [0.5, 0.6) is 5.75 Å². The van der Waals surface area contributed by atoms with Gasteiger partial charge in [-0.05, 0) is 17.7 Å². The summed E-state index contributed by atoms with van der Waals surface area (Å²) in [6.07, 6.45) is 2.47. The Balaban J connectivity index is 0.00000176. The third-order valence-corrected chi connectivity index (χ3v) is 3.72. The van der Waals surface area contributed by atoms with E-state index in [1.165, 1.54) is 6.08 Å². The van der Waals surface area contributed by atoms with E-state index in [9.17, 15) is 9.59 Å². The summed E-state index contributed by atoms with van der Waals surface area (Å²) in [5.41, 5.74) is 1.01. The average molecular weight is 369 g/mol. The first-order valence-electron chi connectivity index (χ1n) is 6.85. The van der Waals surface area contributed by atoms with Gasteiger partial charge >= 0.3 is 5.97 Å². The maximum Gasteiger partial charge on any atom is 0.328 e. The van der Waals surface area contributed by atoms with E-state index in [0.29, 0.717) is 36.6 Å². The number of rotatable bonds is 2. The van der Waals surface area contributed by atoms with Crippen LogP contribution in [-0.2, 0) is 4.79 Å². The Morgan fingerprint density at radius 2 is 2.27 bits per heavy atom. The van der Waals surface area contributed by atoms with Crippen LogP contribution in [0.2, 0.25) is 0 Å². The number of benzene rings is 1. The molecule has 118 valence electrons. The molecule has 1 aromatic carbocycles. The lowest BCUT2D eigenvalue weighted by atomic mass is 10.0. The van der Waals surface area contributed by atoms with E-state index in [-0.39, 0.29) is 28.9 Å². The highest BCUT2D eigenvalue weighted by Gasteiger charge is 2.33. The molecule has 0 spiro atoms. The molecular formula is C15H17BrN2O4. The van der Waals surface area contributed by atoms with Crippen molar-refractivity contribution in [1.29, 1.82) is 0 Å². The van der Waals surface area contributed by atoms with Gasteiger partial charge in [-0.25, -0.2) is 4.79 Å². The Kier molecular flexibility index (Phi) is 5.20. The predicted octanol–water partition coefficient (Wildman–Crippen LogP) is 1.17. The van der Waals surface area contributed by atoms with Crippen LogP contribution in [0, 0.1) is 0 Å². The molecule has 6 nitrogen and oxygen atoms in total. The van der Waals surface area contributed by atoms with Crippen molar-refractivity contribution in [1.82, 2.24) is 10.2 Å². The fourth-order valence-corrected chi connectivity index (χ4v) is 2.70. The second-order valence-electron chi connectivity index (χ2n) is 5.06. The third kappa shape index (κ3) is 3.15. The van der Waals surface area contributed by atoms with Gasteiger partial charge in [0.2, 0.25) is 0 Å². The lowest BCUT2D eigenvalue weighted by molar-refractivity contribution is -0.131. The number of aliphatic carboxylic acids is 1. The van der Waals surface area contributed by atoms with Gasteiger partial charge in [-0.1, -0.05) is 12.1 Å². The Labute approximate surface area is 138 Å². The van der Waals surface area contributed by atoms with Crippen molar-refractivity contribution < 1.29 is 19.4 Å². The van der Waals surface area contributed by atoms with Gasteiger partial charge < -0.3 is 20.1 Å². The summed E-state index contributed by atoms with van der Waals surface area (Å²) in [4.78, 5) is 25.3. The van der Waals surface area contributed by atoms with Crippen LogP contribution in [0.4, 0.5) is 0 Å². The van der Waals surface area contributed by atoms with E-state index in [2.05, 4.69) is 5.32 Å². The molecule has 2 heterocycles. The second-order valence-corrected chi connectivity index (χ2v) is 5.06. The highest BCUT2D eigenvalue weighted by atomic mass is 79.9. The number of nitrogens with zero attached hydrogens (tertiary/aromatic N) is 1. The summed E-state index contributed by atoms with van der Waals surface area (Å²) in [6.45, 7) is 2.53. The molecule has 0 bridgehead atoms. The minimum absolute atomic E-state index is 0. The number of carboxylic acids is 1. The molecule has 1 fully saturated rings. The molecule has 1 amide bonds. The van der Waals surface area contributed by atoms with Crippen LogP contribution in [0.3, 0.4) is 0 Å². The average Bonchev–Trinajstić information content (AvgIpc) is 2.64. The highest BCUT2D eigenvalue weighted by Crippen LogP contribution is 2.29. The van der Waals surface area contributed by atoms with E-state index in [0.717, 1.165) is 12.6 Å². The maximum absolute atomic E-state index is 12.8. The first-order chi connectivity index (χ1) is 10.2. The molecule has 1 aromatic rings. The van der Waals surface area contributed by atoms with E-state index >= 15 is 0 Å². The quantitative estimate of drug-likeness (QED) is 0.766. The molecule has 0 aliphatic carbocycles. The summed E-state index contributed by atoms with van der Waals surface area (Å²) in [5.74, 6) is -0.629. The molecule has 7 heteroatoms. The van der Waals surface area contributed by atoms with Crippen LogP contribution in [0.25, 0.3) is 6.08 Å². The molecule has 0 radical (unpaired) electrons. The van der Waals surface area contributed by atoms with Crippen LogP contribution in [0.15, 0.2) is 24.3 Å². The Bertz CT molecular complexity index is 618. The number of hydrogen-bond acceptors (Lipinski definition) is 4. The molecule has 0 saturated carbocycles. The number of halogens is 1. The Morgan fingerprint density at radius 1 is 1.45 bits per heavy atom. The topological polar surface area (TPSA) is 78.9 Å². The van der Waals surface area contributed by atoms with Crippen molar-refractivity contribution in [2.45, 2.75) is 6.04 Å². The smallest absolute Gasteiger partial charge is 0.328 e. The van der Waals surface area contributed by atoms with Gasteiger partial charge in [0.25, 0.3) is 5.91 Å². The zero-order valence-electron chi connectivity index (χ0n) is 11.8. The fraction of sp³-hybridized carbons (Fsp3) is 0.333. The number of nitrogens with one attached hydrogen (secondary N) is 1.